The van der Waals surface area contributed by atoms with Crippen molar-refractivity contribution >= 4 is 0 Å². The molecule has 1 aliphatic rings. The lowest BCUT2D eigenvalue weighted by molar-refractivity contribution is 0.488. The molecule has 4 heteroatoms. The van der Waals surface area contributed by atoms with Crippen LogP contribution in [0, 0.1) is 0 Å². The Morgan fingerprint density at radius 3 is 1.81 bits per heavy atom. The average Bonchev–Trinajstić information content (AvgIpc) is 2.29. The number of hydrogen-bond acceptors (Lipinski definition) is 4. The lowest BCUT2D eigenvalue weighted by atomic mass is 10.3. The smallest absolute Gasteiger partial charge is 0.0164 e. The molecule has 1 heterocycles. The average molecular weight is 228 g/mol. The molecule has 0 bridgehead atoms. The van der Waals surface area contributed by atoms with E-state index < -0.39 is 0 Å². The summed E-state index contributed by atoms with van der Waals surface area (Å²) < 4.78 is 0. The van der Waals surface area contributed by atoms with Gasteiger partial charge in [0.2, 0.25) is 0 Å². The molecule has 4 nitrogen and oxygen atoms in total. The predicted octanol–water partition coefficient (Wildman–Crippen LogP) is -0.0828. The highest BCUT2D eigenvalue weighted by Gasteiger charge is 2.00. The molecule has 0 amide bonds. The fraction of sp³-hybridized carbons (Fsp3) is 1.00. The van der Waals surface area contributed by atoms with Crippen LogP contribution in [0.3, 0.4) is 0 Å². The summed E-state index contributed by atoms with van der Waals surface area (Å²) in [4.78, 5) is 0. The van der Waals surface area contributed by atoms with E-state index in [9.17, 15) is 0 Å². The number of hydrogen-bond donors (Lipinski definition) is 4. The highest BCUT2D eigenvalue weighted by Crippen LogP contribution is 1.84. The van der Waals surface area contributed by atoms with Gasteiger partial charge in [0.05, 0.1) is 0 Å². The van der Waals surface area contributed by atoms with Crippen LogP contribution < -0.4 is 21.3 Å². The summed E-state index contributed by atoms with van der Waals surface area (Å²) in [5.74, 6) is 0. The van der Waals surface area contributed by atoms with Gasteiger partial charge in [-0.05, 0) is 65.5 Å². The molecule has 16 heavy (non-hydrogen) atoms. The van der Waals surface area contributed by atoms with Gasteiger partial charge in [-0.25, -0.2) is 0 Å². The molecule has 1 fully saturated rings. The zero-order valence-electron chi connectivity index (χ0n) is 10.6. The van der Waals surface area contributed by atoms with Crippen molar-refractivity contribution < 1.29 is 0 Å². The summed E-state index contributed by atoms with van der Waals surface area (Å²) in [6.45, 7) is 10.1. The number of nitrogens with one attached hydrogen (secondary N) is 4. The summed E-state index contributed by atoms with van der Waals surface area (Å²) in [6.07, 6.45) is 3.68. The summed E-state index contributed by atoms with van der Waals surface area (Å²) in [7, 11) is 0. The van der Waals surface area contributed by atoms with Crippen LogP contribution in [0.5, 0.6) is 0 Å². The molecular formula is C12H28N4. The van der Waals surface area contributed by atoms with Gasteiger partial charge < -0.3 is 21.3 Å². The minimum absolute atomic E-state index is 0.582. The van der Waals surface area contributed by atoms with E-state index in [1.807, 2.05) is 0 Å². The Morgan fingerprint density at radius 1 is 0.688 bits per heavy atom. The van der Waals surface area contributed by atoms with Gasteiger partial charge in [0.25, 0.3) is 0 Å². The summed E-state index contributed by atoms with van der Waals surface area (Å²) in [6, 6.07) is 0.582. The van der Waals surface area contributed by atoms with Gasteiger partial charge in [0.15, 0.2) is 0 Å². The second-order valence-electron chi connectivity index (χ2n) is 4.62. The van der Waals surface area contributed by atoms with E-state index in [0.717, 1.165) is 45.8 Å². The second-order valence-corrected chi connectivity index (χ2v) is 4.62. The van der Waals surface area contributed by atoms with Crippen molar-refractivity contribution in [1.29, 1.82) is 0 Å². The minimum atomic E-state index is 0.582. The largest absolute Gasteiger partial charge is 0.317 e. The zero-order valence-corrected chi connectivity index (χ0v) is 10.6. The van der Waals surface area contributed by atoms with Crippen molar-refractivity contribution in [2.24, 2.45) is 0 Å². The summed E-state index contributed by atoms with van der Waals surface area (Å²) in [5, 5.41) is 14.0. The van der Waals surface area contributed by atoms with Crippen molar-refractivity contribution in [2.45, 2.75) is 32.2 Å². The van der Waals surface area contributed by atoms with E-state index in [4.69, 9.17) is 0 Å². The Kier molecular flexibility index (Phi) is 8.71. The molecule has 1 atom stereocenters. The van der Waals surface area contributed by atoms with E-state index in [0.29, 0.717) is 6.04 Å². The Bertz CT molecular complexity index is 136. The van der Waals surface area contributed by atoms with Crippen molar-refractivity contribution in [3.8, 4) is 0 Å². The first kappa shape index (κ1) is 13.9. The third kappa shape index (κ3) is 8.05. The molecule has 1 saturated heterocycles. The van der Waals surface area contributed by atoms with E-state index in [1.165, 1.54) is 19.3 Å². The zero-order chi connectivity index (χ0) is 11.5. The van der Waals surface area contributed by atoms with Crippen molar-refractivity contribution in [3.63, 3.8) is 0 Å². The molecule has 0 saturated carbocycles. The minimum Gasteiger partial charge on any atom is -0.317 e. The first-order valence-electron chi connectivity index (χ1n) is 6.75. The number of rotatable bonds is 0. The fourth-order valence-electron chi connectivity index (χ4n) is 1.88. The molecule has 0 radical (unpaired) electrons. The Balaban J connectivity index is 2.10. The molecule has 1 aliphatic heterocycles. The lowest BCUT2D eigenvalue weighted by Crippen LogP contribution is -2.38. The van der Waals surface area contributed by atoms with Crippen LogP contribution in [0.2, 0.25) is 0 Å². The van der Waals surface area contributed by atoms with Crippen LogP contribution in [0.1, 0.15) is 26.2 Å². The molecular weight excluding hydrogens is 200 g/mol. The third-order valence-corrected chi connectivity index (χ3v) is 2.89. The third-order valence-electron chi connectivity index (χ3n) is 2.89. The molecule has 0 aromatic heterocycles. The van der Waals surface area contributed by atoms with E-state index in [1.54, 1.807) is 0 Å². The maximum absolute atomic E-state index is 3.53. The monoisotopic (exact) mass is 228 g/mol. The molecule has 0 aliphatic carbocycles. The van der Waals surface area contributed by atoms with Gasteiger partial charge in [-0.15, -0.1) is 0 Å². The Morgan fingerprint density at radius 2 is 1.19 bits per heavy atom. The highest BCUT2D eigenvalue weighted by molar-refractivity contribution is 4.65. The molecule has 0 aromatic carbocycles. The quantitative estimate of drug-likeness (QED) is 0.468. The standard InChI is InChI=1S/C12H28N4/c1-12-11-15-9-3-7-13-5-2-6-14-8-4-10-16-12/h12-16H,2-11H2,1H3. The topological polar surface area (TPSA) is 48.1 Å². The second kappa shape index (κ2) is 10.0. The van der Waals surface area contributed by atoms with Gasteiger partial charge in [0.1, 0.15) is 0 Å². The fourth-order valence-corrected chi connectivity index (χ4v) is 1.88. The van der Waals surface area contributed by atoms with Crippen LogP contribution in [-0.4, -0.2) is 51.9 Å². The normalized spacial score (nSPS) is 27.9. The molecule has 1 unspecified atom stereocenters. The molecule has 96 valence electrons. The predicted molar refractivity (Wildman–Crippen MR) is 69.9 cm³/mol. The van der Waals surface area contributed by atoms with Crippen molar-refractivity contribution in [3.05, 3.63) is 0 Å². The van der Waals surface area contributed by atoms with Crippen LogP contribution in [0.4, 0.5) is 0 Å². The van der Waals surface area contributed by atoms with Gasteiger partial charge in [-0.2, -0.15) is 0 Å². The van der Waals surface area contributed by atoms with Crippen LogP contribution in [0.25, 0.3) is 0 Å². The molecule has 0 spiro atoms. The SMILES string of the molecule is CC1CNCCCNCCCNCCCN1. The summed E-state index contributed by atoms with van der Waals surface area (Å²) in [5.41, 5.74) is 0. The molecule has 0 aromatic rings. The van der Waals surface area contributed by atoms with E-state index in [2.05, 4.69) is 28.2 Å². The first-order chi connectivity index (χ1) is 7.89. The maximum atomic E-state index is 3.53. The lowest BCUT2D eigenvalue weighted by Gasteiger charge is -2.14. The van der Waals surface area contributed by atoms with Crippen molar-refractivity contribution in [1.82, 2.24) is 21.3 Å². The van der Waals surface area contributed by atoms with Crippen LogP contribution in [-0.2, 0) is 0 Å². The first-order valence-corrected chi connectivity index (χ1v) is 6.75. The van der Waals surface area contributed by atoms with E-state index in [-0.39, 0.29) is 0 Å². The van der Waals surface area contributed by atoms with Crippen molar-refractivity contribution in [2.75, 3.05) is 45.8 Å². The summed E-state index contributed by atoms with van der Waals surface area (Å²) >= 11 is 0. The Hall–Kier alpha value is -0.160. The van der Waals surface area contributed by atoms with Gasteiger partial charge >= 0.3 is 0 Å². The Labute approximate surface area is 99.9 Å². The highest BCUT2D eigenvalue weighted by atomic mass is 15.0. The van der Waals surface area contributed by atoms with E-state index >= 15 is 0 Å². The van der Waals surface area contributed by atoms with Crippen LogP contribution >= 0.6 is 0 Å². The van der Waals surface area contributed by atoms with Gasteiger partial charge in [-0.1, -0.05) is 0 Å². The van der Waals surface area contributed by atoms with Gasteiger partial charge in [-0.3, -0.25) is 0 Å². The van der Waals surface area contributed by atoms with Crippen LogP contribution in [0.15, 0.2) is 0 Å². The molecule has 1 rings (SSSR count). The van der Waals surface area contributed by atoms with Gasteiger partial charge in [0, 0.05) is 12.6 Å². The molecule has 4 N–H and O–H groups in total. The maximum Gasteiger partial charge on any atom is 0.0164 e.